The first-order valence-corrected chi connectivity index (χ1v) is 10.5. The van der Waals surface area contributed by atoms with E-state index in [1.807, 2.05) is 18.2 Å². The van der Waals surface area contributed by atoms with Gasteiger partial charge in [-0.25, -0.2) is 0 Å². The van der Waals surface area contributed by atoms with Crippen molar-refractivity contribution in [2.75, 3.05) is 20.8 Å². The highest BCUT2D eigenvalue weighted by atomic mass is 16.5. The van der Waals surface area contributed by atoms with Gasteiger partial charge in [0.25, 0.3) is 0 Å². The average Bonchev–Trinajstić information content (AvgIpc) is 3.40. The molecule has 1 N–H and O–H groups in total. The zero-order valence-electron chi connectivity index (χ0n) is 17.2. The molecule has 2 aliphatic rings. The lowest BCUT2D eigenvalue weighted by Crippen LogP contribution is -2.28. The molecule has 2 atom stereocenters. The zero-order chi connectivity index (χ0) is 19.8. The highest BCUT2D eigenvalue weighted by Gasteiger charge is 2.52. The molecule has 0 aromatic heterocycles. The van der Waals surface area contributed by atoms with Gasteiger partial charge in [-0.1, -0.05) is 30.4 Å². The summed E-state index contributed by atoms with van der Waals surface area (Å²) in [6.45, 7) is 0.657. The molecule has 1 aromatic rings. The van der Waals surface area contributed by atoms with Crippen molar-refractivity contribution < 1.29 is 14.3 Å². The maximum absolute atomic E-state index is 12.7. The van der Waals surface area contributed by atoms with Crippen molar-refractivity contribution in [3.05, 3.63) is 48.1 Å². The number of benzene rings is 1. The molecular weight excluding hydrogens is 350 g/mol. The van der Waals surface area contributed by atoms with E-state index < -0.39 is 0 Å². The molecule has 0 radical (unpaired) electrons. The quantitative estimate of drug-likeness (QED) is 0.725. The van der Waals surface area contributed by atoms with Crippen molar-refractivity contribution in [3.63, 3.8) is 0 Å². The van der Waals surface area contributed by atoms with Crippen molar-refractivity contribution in [2.45, 2.75) is 44.9 Å². The van der Waals surface area contributed by atoms with E-state index in [-0.39, 0.29) is 11.8 Å². The van der Waals surface area contributed by atoms with E-state index in [1.165, 1.54) is 0 Å². The van der Waals surface area contributed by atoms with Gasteiger partial charge >= 0.3 is 0 Å². The standard InChI is InChI=1S/C24H33NO3/c1-27-21-14-13-18(17-22(21)28-2)15-16-25-24(26)23-19-11-9-7-5-3-4-6-8-10-12-20(19)23/h5-8,13-14,17,19-20,23H,3-4,9-12,15-16H2,1-2H3,(H,25,26). The molecule has 0 spiro atoms. The Labute approximate surface area is 169 Å². The van der Waals surface area contributed by atoms with Gasteiger partial charge in [0.1, 0.15) is 0 Å². The van der Waals surface area contributed by atoms with E-state index in [4.69, 9.17) is 9.47 Å². The van der Waals surface area contributed by atoms with Crippen molar-refractivity contribution >= 4 is 5.91 Å². The molecule has 4 heteroatoms. The fourth-order valence-electron chi connectivity index (χ4n) is 4.35. The van der Waals surface area contributed by atoms with Crippen LogP contribution in [0.1, 0.15) is 44.1 Å². The zero-order valence-corrected chi connectivity index (χ0v) is 17.2. The Morgan fingerprint density at radius 2 is 1.54 bits per heavy atom. The van der Waals surface area contributed by atoms with Gasteiger partial charge in [-0.05, 0) is 74.5 Å². The fourth-order valence-corrected chi connectivity index (χ4v) is 4.35. The molecule has 3 rings (SSSR count). The van der Waals surface area contributed by atoms with E-state index in [1.54, 1.807) is 14.2 Å². The van der Waals surface area contributed by atoms with Crippen molar-refractivity contribution in [3.8, 4) is 11.5 Å². The van der Waals surface area contributed by atoms with Crippen LogP contribution in [0.2, 0.25) is 0 Å². The molecule has 1 aromatic carbocycles. The Hall–Kier alpha value is -2.23. The summed E-state index contributed by atoms with van der Waals surface area (Å²) in [4.78, 5) is 12.7. The van der Waals surface area contributed by atoms with Crippen LogP contribution >= 0.6 is 0 Å². The third-order valence-electron chi connectivity index (χ3n) is 5.96. The first-order chi connectivity index (χ1) is 13.7. The molecule has 1 amide bonds. The highest BCUT2D eigenvalue weighted by molar-refractivity contribution is 5.82. The topological polar surface area (TPSA) is 47.6 Å². The number of rotatable bonds is 6. The Bertz CT molecular complexity index is 686. The van der Waals surface area contributed by atoms with Crippen molar-refractivity contribution in [1.29, 1.82) is 0 Å². The van der Waals surface area contributed by atoms with Crippen LogP contribution in [0.15, 0.2) is 42.5 Å². The second kappa shape index (κ2) is 10.4. The predicted molar refractivity (Wildman–Crippen MR) is 113 cm³/mol. The number of fused-ring (bicyclic) bond motifs is 1. The third kappa shape index (κ3) is 5.40. The van der Waals surface area contributed by atoms with Gasteiger partial charge in [0, 0.05) is 12.5 Å². The second-order valence-electron chi connectivity index (χ2n) is 7.76. The lowest BCUT2D eigenvalue weighted by molar-refractivity contribution is -0.122. The Balaban J connectivity index is 1.49. The number of methoxy groups -OCH3 is 2. The highest BCUT2D eigenvalue weighted by Crippen LogP contribution is 2.52. The van der Waals surface area contributed by atoms with Crippen LogP contribution in [0.3, 0.4) is 0 Å². The predicted octanol–water partition coefficient (Wildman–Crippen LogP) is 4.69. The maximum Gasteiger partial charge on any atom is 0.223 e. The van der Waals surface area contributed by atoms with E-state index in [9.17, 15) is 4.79 Å². The third-order valence-corrected chi connectivity index (χ3v) is 5.96. The number of allylic oxidation sites excluding steroid dienone is 4. The minimum Gasteiger partial charge on any atom is -0.493 e. The Kier molecular flexibility index (Phi) is 7.58. The first kappa shape index (κ1) is 20.5. The van der Waals surface area contributed by atoms with Crippen molar-refractivity contribution in [1.82, 2.24) is 5.32 Å². The molecule has 0 saturated heterocycles. The van der Waals surface area contributed by atoms with Crippen LogP contribution in [0.5, 0.6) is 11.5 Å². The van der Waals surface area contributed by atoms with Gasteiger partial charge in [0.15, 0.2) is 11.5 Å². The molecule has 1 saturated carbocycles. The summed E-state index contributed by atoms with van der Waals surface area (Å²) in [5.41, 5.74) is 1.13. The molecular formula is C24H33NO3. The fraction of sp³-hybridized carbons (Fsp3) is 0.542. The van der Waals surface area contributed by atoms with Crippen molar-refractivity contribution in [2.24, 2.45) is 17.8 Å². The Morgan fingerprint density at radius 3 is 2.14 bits per heavy atom. The molecule has 4 nitrogen and oxygen atoms in total. The number of amides is 1. The SMILES string of the molecule is COc1ccc(CCNC(=O)C2C3CCC=CCCC=CCCC32)cc1OC. The number of hydrogen-bond donors (Lipinski definition) is 1. The van der Waals surface area contributed by atoms with Gasteiger partial charge in [0.2, 0.25) is 5.91 Å². The van der Waals surface area contributed by atoms with Crippen LogP contribution in [0, 0.1) is 17.8 Å². The summed E-state index contributed by atoms with van der Waals surface area (Å²) in [6, 6.07) is 5.92. The molecule has 152 valence electrons. The summed E-state index contributed by atoms with van der Waals surface area (Å²) in [6.07, 6.45) is 16.7. The molecule has 1 fully saturated rings. The summed E-state index contributed by atoms with van der Waals surface area (Å²) >= 11 is 0. The first-order valence-electron chi connectivity index (χ1n) is 10.5. The van der Waals surface area contributed by atoms with Crippen LogP contribution in [0.4, 0.5) is 0 Å². The molecule has 2 aliphatic carbocycles. The summed E-state index contributed by atoms with van der Waals surface area (Å²) in [7, 11) is 3.28. The lowest BCUT2D eigenvalue weighted by atomic mass is 10.1. The minimum absolute atomic E-state index is 0.202. The van der Waals surface area contributed by atoms with Crippen LogP contribution in [-0.2, 0) is 11.2 Å². The lowest BCUT2D eigenvalue weighted by Gasteiger charge is -2.10. The average molecular weight is 384 g/mol. The van der Waals surface area contributed by atoms with E-state index >= 15 is 0 Å². The summed E-state index contributed by atoms with van der Waals surface area (Å²) < 4.78 is 10.6. The van der Waals surface area contributed by atoms with Gasteiger partial charge in [-0.2, -0.15) is 0 Å². The van der Waals surface area contributed by atoms with Gasteiger partial charge in [-0.3, -0.25) is 4.79 Å². The van der Waals surface area contributed by atoms with E-state index in [0.717, 1.165) is 62.0 Å². The number of carbonyl (C=O) groups is 1. The van der Waals surface area contributed by atoms with Crippen LogP contribution < -0.4 is 14.8 Å². The van der Waals surface area contributed by atoms with Gasteiger partial charge in [-0.15, -0.1) is 0 Å². The molecule has 2 unspecified atom stereocenters. The van der Waals surface area contributed by atoms with E-state index in [2.05, 4.69) is 29.6 Å². The normalized spacial score (nSPS) is 24.4. The number of nitrogens with one attached hydrogen (secondary N) is 1. The molecule has 28 heavy (non-hydrogen) atoms. The minimum atomic E-state index is 0.202. The van der Waals surface area contributed by atoms with Crippen LogP contribution in [-0.4, -0.2) is 26.7 Å². The molecule has 0 bridgehead atoms. The van der Waals surface area contributed by atoms with E-state index in [0.29, 0.717) is 18.4 Å². The smallest absolute Gasteiger partial charge is 0.223 e. The molecule has 0 heterocycles. The number of ether oxygens (including phenoxy) is 2. The Morgan fingerprint density at radius 1 is 0.929 bits per heavy atom. The van der Waals surface area contributed by atoms with Crippen LogP contribution in [0.25, 0.3) is 0 Å². The van der Waals surface area contributed by atoms with Gasteiger partial charge in [0.05, 0.1) is 14.2 Å². The second-order valence-corrected chi connectivity index (χ2v) is 7.76. The summed E-state index contributed by atoms with van der Waals surface area (Å²) in [5, 5.41) is 3.17. The molecule has 0 aliphatic heterocycles. The number of hydrogen-bond acceptors (Lipinski definition) is 3. The van der Waals surface area contributed by atoms with Gasteiger partial charge < -0.3 is 14.8 Å². The largest absolute Gasteiger partial charge is 0.493 e. The summed E-state index contributed by atoms with van der Waals surface area (Å²) in [5.74, 6) is 3.00. The monoisotopic (exact) mass is 383 g/mol. The maximum atomic E-state index is 12.7. The number of carbonyl (C=O) groups excluding carboxylic acids is 1.